The topological polar surface area (TPSA) is 15.3 Å². The fourth-order valence-electron chi connectivity index (χ4n) is 2.28. The molecule has 90 valence electrons. The van der Waals surface area contributed by atoms with Gasteiger partial charge in [-0.05, 0) is 29.8 Å². The molecule has 1 fully saturated rings. The van der Waals surface area contributed by atoms with Crippen molar-refractivity contribution >= 4 is 11.3 Å². The average molecular weight is 238 g/mol. The van der Waals surface area contributed by atoms with Gasteiger partial charge in [-0.1, -0.05) is 19.9 Å². The second-order valence-electron chi connectivity index (χ2n) is 5.45. The van der Waals surface area contributed by atoms with E-state index in [9.17, 15) is 0 Å². The molecule has 0 aliphatic carbocycles. The number of hydrogen-bond acceptors (Lipinski definition) is 3. The summed E-state index contributed by atoms with van der Waals surface area (Å²) in [6, 6.07) is 4.31. The summed E-state index contributed by atoms with van der Waals surface area (Å²) in [5.74, 6) is 0. The van der Waals surface area contributed by atoms with Gasteiger partial charge in [0, 0.05) is 31.1 Å². The molecular weight excluding hydrogens is 216 g/mol. The van der Waals surface area contributed by atoms with Crippen molar-refractivity contribution in [2.45, 2.75) is 26.8 Å². The number of nitrogens with one attached hydrogen (secondary N) is 1. The minimum absolute atomic E-state index is 0.535. The van der Waals surface area contributed by atoms with Crippen LogP contribution in [0.4, 0.5) is 0 Å². The molecule has 1 aliphatic rings. The zero-order valence-electron chi connectivity index (χ0n) is 10.3. The lowest BCUT2D eigenvalue weighted by Crippen LogP contribution is -2.31. The van der Waals surface area contributed by atoms with Gasteiger partial charge in [0.2, 0.25) is 0 Å². The number of thiophene rings is 1. The molecule has 2 rings (SSSR count). The third kappa shape index (κ3) is 3.58. The van der Waals surface area contributed by atoms with Crippen LogP contribution in [0.5, 0.6) is 0 Å². The molecule has 1 N–H and O–H groups in total. The van der Waals surface area contributed by atoms with Crippen molar-refractivity contribution in [1.29, 1.82) is 0 Å². The van der Waals surface area contributed by atoms with E-state index in [-0.39, 0.29) is 0 Å². The normalized spacial score (nSPS) is 20.4. The largest absolute Gasteiger partial charge is 0.311 e. The molecule has 0 amide bonds. The van der Waals surface area contributed by atoms with Crippen LogP contribution in [0.1, 0.15) is 25.1 Å². The fourth-order valence-corrected chi connectivity index (χ4v) is 2.95. The molecule has 1 aromatic heterocycles. The van der Waals surface area contributed by atoms with E-state index in [1.807, 2.05) is 11.3 Å². The summed E-state index contributed by atoms with van der Waals surface area (Å²) in [6.45, 7) is 10.6. The molecule has 3 heteroatoms. The number of nitrogens with zero attached hydrogens (tertiary/aromatic N) is 1. The van der Waals surface area contributed by atoms with Crippen LogP contribution in [0.25, 0.3) is 0 Å². The molecule has 1 aromatic rings. The lowest BCUT2D eigenvalue weighted by Gasteiger charge is -2.19. The average Bonchev–Trinajstić information content (AvgIpc) is 2.82. The Hall–Kier alpha value is -0.380. The fraction of sp³-hybridized carbons (Fsp3) is 0.692. The molecule has 0 radical (unpaired) electrons. The van der Waals surface area contributed by atoms with Crippen molar-refractivity contribution in [1.82, 2.24) is 10.2 Å². The Kier molecular flexibility index (Phi) is 4.00. The molecule has 0 aromatic carbocycles. The van der Waals surface area contributed by atoms with Crippen molar-refractivity contribution in [2.75, 3.05) is 26.2 Å². The van der Waals surface area contributed by atoms with Gasteiger partial charge >= 0.3 is 0 Å². The van der Waals surface area contributed by atoms with Crippen LogP contribution in [-0.4, -0.2) is 31.1 Å². The van der Waals surface area contributed by atoms with E-state index in [1.165, 1.54) is 30.9 Å². The molecule has 0 bridgehead atoms. The van der Waals surface area contributed by atoms with Crippen LogP contribution < -0.4 is 5.32 Å². The summed E-state index contributed by atoms with van der Waals surface area (Å²) < 4.78 is 0. The Labute approximate surface area is 103 Å². The van der Waals surface area contributed by atoms with E-state index in [2.05, 4.69) is 41.6 Å². The van der Waals surface area contributed by atoms with Gasteiger partial charge in [-0.3, -0.25) is 0 Å². The number of likely N-dealkylation sites (tertiary alicyclic amines) is 1. The predicted molar refractivity (Wildman–Crippen MR) is 70.9 cm³/mol. The molecule has 16 heavy (non-hydrogen) atoms. The van der Waals surface area contributed by atoms with E-state index >= 15 is 0 Å². The highest BCUT2D eigenvalue weighted by Gasteiger charge is 2.28. The first kappa shape index (κ1) is 12.1. The molecule has 0 spiro atoms. The highest BCUT2D eigenvalue weighted by Crippen LogP contribution is 2.28. The van der Waals surface area contributed by atoms with Crippen LogP contribution in [0, 0.1) is 5.41 Å². The monoisotopic (exact) mass is 238 g/mol. The first-order valence-electron chi connectivity index (χ1n) is 6.11. The summed E-state index contributed by atoms with van der Waals surface area (Å²) >= 11 is 1.83. The minimum atomic E-state index is 0.535. The highest BCUT2D eigenvalue weighted by atomic mass is 32.1. The summed E-state index contributed by atoms with van der Waals surface area (Å²) in [5, 5.41) is 5.65. The Morgan fingerprint density at radius 1 is 1.50 bits per heavy atom. The van der Waals surface area contributed by atoms with Crippen LogP contribution >= 0.6 is 11.3 Å². The van der Waals surface area contributed by atoms with E-state index in [0.717, 1.165) is 13.1 Å². The molecular formula is C13H22N2S. The van der Waals surface area contributed by atoms with Crippen molar-refractivity contribution in [3.63, 3.8) is 0 Å². The van der Waals surface area contributed by atoms with Crippen molar-refractivity contribution in [3.05, 3.63) is 22.4 Å². The Morgan fingerprint density at radius 2 is 2.38 bits per heavy atom. The van der Waals surface area contributed by atoms with Crippen LogP contribution in [-0.2, 0) is 6.54 Å². The molecule has 2 heterocycles. The number of rotatable bonds is 5. The van der Waals surface area contributed by atoms with Gasteiger partial charge in [0.1, 0.15) is 0 Å². The van der Waals surface area contributed by atoms with Crippen molar-refractivity contribution in [2.24, 2.45) is 5.41 Å². The third-order valence-corrected chi connectivity index (χ3v) is 4.12. The summed E-state index contributed by atoms with van der Waals surface area (Å²) in [5.41, 5.74) is 0.535. The SMILES string of the molecule is CC1(C)CCN(CCNCc2cccs2)C1. The molecule has 2 nitrogen and oxygen atoms in total. The summed E-state index contributed by atoms with van der Waals surface area (Å²) in [7, 11) is 0. The second-order valence-corrected chi connectivity index (χ2v) is 6.48. The van der Waals surface area contributed by atoms with E-state index in [0.29, 0.717) is 5.41 Å². The van der Waals surface area contributed by atoms with Crippen molar-refractivity contribution in [3.8, 4) is 0 Å². The summed E-state index contributed by atoms with van der Waals surface area (Å²) in [6.07, 6.45) is 1.35. The first-order valence-corrected chi connectivity index (χ1v) is 6.99. The molecule has 1 saturated heterocycles. The van der Waals surface area contributed by atoms with Crippen molar-refractivity contribution < 1.29 is 0 Å². The van der Waals surface area contributed by atoms with Gasteiger partial charge < -0.3 is 10.2 Å². The first-order chi connectivity index (χ1) is 7.66. The van der Waals surface area contributed by atoms with Crippen LogP contribution in [0.2, 0.25) is 0 Å². The molecule has 0 unspecified atom stereocenters. The molecule has 0 saturated carbocycles. The standard InChI is InChI=1S/C13H22N2S/c1-13(2)5-7-15(11-13)8-6-14-10-12-4-3-9-16-12/h3-4,9,14H,5-8,10-11H2,1-2H3. The zero-order valence-corrected chi connectivity index (χ0v) is 11.1. The van der Waals surface area contributed by atoms with Gasteiger partial charge in [-0.2, -0.15) is 0 Å². The zero-order chi connectivity index (χ0) is 11.4. The highest BCUT2D eigenvalue weighted by molar-refractivity contribution is 7.09. The lowest BCUT2D eigenvalue weighted by molar-refractivity contribution is 0.290. The van der Waals surface area contributed by atoms with Gasteiger partial charge in [0.15, 0.2) is 0 Å². The maximum Gasteiger partial charge on any atom is 0.0300 e. The Bertz CT molecular complexity index is 306. The van der Waals surface area contributed by atoms with Gasteiger partial charge in [0.25, 0.3) is 0 Å². The minimum Gasteiger partial charge on any atom is -0.311 e. The van der Waals surface area contributed by atoms with Gasteiger partial charge in [-0.15, -0.1) is 11.3 Å². The maximum absolute atomic E-state index is 3.51. The maximum atomic E-state index is 3.51. The Morgan fingerprint density at radius 3 is 3.00 bits per heavy atom. The van der Waals surface area contributed by atoms with E-state index in [1.54, 1.807) is 0 Å². The second kappa shape index (κ2) is 5.30. The molecule has 0 atom stereocenters. The van der Waals surface area contributed by atoms with Gasteiger partial charge in [0.05, 0.1) is 0 Å². The van der Waals surface area contributed by atoms with Crippen LogP contribution in [0.15, 0.2) is 17.5 Å². The number of hydrogen-bond donors (Lipinski definition) is 1. The smallest absolute Gasteiger partial charge is 0.0300 e. The van der Waals surface area contributed by atoms with E-state index < -0.39 is 0 Å². The van der Waals surface area contributed by atoms with E-state index in [4.69, 9.17) is 0 Å². The summed E-state index contributed by atoms with van der Waals surface area (Å²) in [4.78, 5) is 4.00. The molecule has 1 aliphatic heterocycles. The third-order valence-electron chi connectivity index (χ3n) is 3.24. The predicted octanol–water partition coefficient (Wildman–Crippen LogP) is 2.57. The quantitative estimate of drug-likeness (QED) is 0.793. The van der Waals surface area contributed by atoms with Gasteiger partial charge in [-0.25, -0.2) is 0 Å². The van der Waals surface area contributed by atoms with Crippen LogP contribution in [0.3, 0.4) is 0 Å². The lowest BCUT2D eigenvalue weighted by atomic mass is 9.93. The Balaban J connectivity index is 1.59.